The highest BCUT2D eigenvalue weighted by molar-refractivity contribution is 7.90. The van der Waals surface area contributed by atoms with E-state index >= 15 is 0 Å². The van der Waals surface area contributed by atoms with Crippen molar-refractivity contribution in [2.75, 3.05) is 0 Å². The normalized spacial score (nSPS) is 11.2. The zero-order valence-electron chi connectivity index (χ0n) is 10.4. The highest BCUT2D eigenvalue weighted by atomic mass is 32.2. The first-order valence-electron chi connectivity index (χ1n) is 5.52. The van der Waals surface area contributed by atoms with Gasteiger partial charge in [-0.05, 0) is 11.5 Å². The lowest BCUT2D eigenvalue weighted by atomic mass is 10.1. The third kappa shape index (κ3) is 2.45. The summed E-state index contributed by atoms with van der Waals surface area (Å²) in [5, 5.41) is 11.4. The molecule has 0 atom stereocenters. The number of nitro benzene ring substituents is 1. The molecule has 0 bridgehead atoms. The van der Waals surface area contributed by atoms with Crippen molar-refractivity contribution < 1.29 is 18.1 Å². The smallest absolute Gasteiger partial charge is 0.274 e. The first kappa shape index (κ1) is 13.9. The summed E-state index contributed by atoms with van der Waals surface area (Å²) >= 11 is 0. The molecule has 0 radical (unpaired) electrons. The number of hydrogen-bond acceptors (Lipinski definition) is 5. The van der Waals surface area contributed by atoms with Crippen molar-refractivity contribution in [2.24, 2.45) is 0 Å². The van der Waals surface area contributed by atoms with Gasteiger partial charge in [0.25, 0.3) is 15.7 Å². The quantitative estimate of drug-likeness (QED) is 0.683. The Bertz CT molecular complexity index is 808. The molecule has 0 aromatic heterocycles. The number of amides is 1. The molecule has 0 spiro atoms. The molecule has 2 aromatic carbocycles. The van der Waals surface area contributed by atoms with Gasteiger partial charge < -0.3 is 0 Å². The third-order valence-corrected chi connectivity index (χ3v) is 4.08. The predicted molar refractivity (Wildman–Crippen MR) is 71.6 cm³/mol. The zero-order chi connectivity index (χ0) is 14.9. The minimum atomic E-state index is -4.15. The molecular weight excluding hydrogens is 284 g/mol. The van der Waals surface area contributed by atoms with Crippen LogP contribution in [0.3, 0.4) is 0 Å². The number of nitrogens with one attached hydrogen (secondary N) is 1. The molecule has 2 aromatic rings. The maximum Gasteiger partial charge on any atom is 0.278 e. The standard InChI is InChI=1S/C12H10N2O5S/c1-8(15)13-20(18,19)11-7-3-5-9-4-2-6-10(12(9)11)14(16)17/h2-7H,1H3,(H,13,15). The van der Waals surface area contributed by atoms with Crippen molar-refractivity contribution in [3.05, 3.63) is 46.5 Å². The topological polar surface area (TPSA) is 106 Å². The van der Waals surface area contributed by atoms with Crippen molar-refractivity contribution in [1.82, 2.24) is 4.72 Å². The zero-order valence-corrected chi connectivity index (χ0v) is 11.2. The molecule has 0 aliphatic rings. The maximum absolute atomic E-state index is 12.1. The van der Waals surface area contributed by atoms with Crippen molar-refractivity contribution >= 4 is 32.4 Å². The predicted octanol–water partition coefficient (Wildman–Crippen LogP) is 1.57. The molecule has 0 saturated carbocycles. The van der Waals surface area contributed by atoms with Crippen LogP contribution in [0.25, 0.3) is 10.8 Å². The minimum absolute atomic E-state index is 0.0197. The number of hydrogen-bond donors (Lipinski definition) is 1. The van der Waals surface area contributed by atoms with E-state index in [4.69, 9.17) is 0 Å². The van der Waals surface area contributed by atoms with E-state index in [1.54, 1.807) is 16.9 Å². The number of benzene rings is 2. The van der Waals surface area contributed by atoms with E-state index in [-0.39, 0.29) is 16.0 Å². The Hall–Kier alpha value is -2.48. The first-order valence-corrected chi connectivity index (χ1v) is 7.01. The Kier molecular flexibility index (Phi) is 3.41. The summed E-state index contributed by atoms with van der Waals surface area (Å²) in [5.74, 6) is -0.763. The van der Waals surface area contributed by atoms with Crippen LogP contribution in [0, 0.1) is 10.1 Å². The summed E-state index contributed by atoms with van der Waals surface area (Å²) in [6, 6.07) is 8.50. The average molecular weight is 294 g/mol. The van der Waals surface area contributed by atoms with E-state index in [0.717, 1.165) is 6.92 Å². The SMILES string of the molecule is CC(=O)NS(=O)(=O)c1cccc2cccc([N+](=O)[O-])c12. The average Bonchev–Trinajstić information content (AvgIpc) is 2.35. The monoisotopic (exact) mass is 294 g/mol. The molecule has 104 valence electrons. The van der Waals surface area contributed by atoms with E-state index in [1.165, 1.54) is 24.3 Å². The van der Waals surface area contributed by atoms with Gasteiger partial charge in [0.1, 0.15) is 4.90 Å². The number of carbonyl (C=O) groups is 1. The van der Waals surface area contributed by atoms with Gasteiger partial charge in [-0.25, -0.2) is 13.1 Å². The van der Waals surface area contributed by atoms with Crippen molar-refractivity contribution in [1.29, 1.82) is 0 Å². The number of rotatable bonds is 3. The van der Waals surface area contributed by atoms with Gasteiger partial charge in [0, 0.05) is 13.0 Å². The van der Waals surface area contributed by atoms with E-state index in [2.05, 4.69) is 0 Å². The molecule has 2 rings (SSSR count). The molecule has 0 aliphatic carbocycles. The van der Waals surface area contributed by atoms with Crippen molar-refractivity contribution in [2.45, 2.75) is 11.8 Å². The number of fused-ring (bicyclic) bond motifs is 1. The second-order valence-corrected chi connectivity index (χ2v) is 5.70. The van der Waals surface area contributed by atoms with E-state index in [0.29, 0.717) is 5.39 Å². The summed E-state index contributed by atoms with van der Waals surface area (Å²) in [6.45, 7) is 1.05. The van der Waals surface area contributed by atoms with Gasteiger partial charge in [-0.1, -0.05) is 24.3 Å². The van der Waals surface area contributed by atoms with Gasteiger partial charge in [0.05, 0.1) is 10.3 Å². The fourth-order valence-electron chi connectivity index (χ4n) is 1.91. The lowest BCUT2D eigenvalue weighted by Gasteiger charge is -2.08. The molecule has 7 nitrogen and oxygen atoms in total. The number of non-ortho nitro benzene ring substituents is 1. The molecule has 1 amide bonds. The first-order chi connectivity index (χ1) is 9.33. The molecule has 8 heteroatoms. The number of carbonyl (C=O) groups excluding carboxylic acids is 1. The van der Waals surface area contributed by atoms with Gasteiger partial charge in [0.15, 0.2) is 0 Å². The Morgan fingerprint density at radius 3 is 2.35 bits per heavy atom. The minimum Gasteiger partial charge on any atom is -0.274 e. The van der Waals surface area contributed by atoms with Crippen LogP contribution >= 0.6 is 0 Å². The molecule has 0 fully saturated rings. The lowest BCUT2D eigenvalue weighted by Crippen LogP contribution is -2.28. The summed E-state index contributed by atoms with van der Waals surface area (Å²) in [7, 11) is -4.15. The van der Waals surface area contributed by atoms with Crippen molar-refractivity contribution in [3.63, 3.8) is 0 Å². The Morgan fingerprint density at radius 2 is 1.80 bits per heavy atom. The largest absolute Gasteiger partial charge is 0.278 e. The second kappa shape index (κ2) is 4.89. The highest BCUT2D eigenvalue weighted by Gasteiger charge is 2.24. The summed E-state index contributed by atoms with van der Waals surface area (Å²) < 4.78 is 26.0. The fourth-order valence-corrected chi connectivity index (χ4v) is 3.14. The number of sulfonamides is 1. The molecule has 0 unspecified atom stereocenters. The Labute approximate surface area is 114 Å². The molecule has 0 saturated heterocycles. The van der Waals surface area contributed by atoms with Crippen LogP contribution in [0.5, 0.6) is 0 Å². The lowest BCUT2D eigenvalue weighted by molar-refractivity contribution is -0.383. The van der Waals surface area contributed by atoms with Gasteiger partial charge in [0.2, 0.25) is 5.91 Å². The number of nitrogens with zero attached hydrogens (tertiary/aromatic N) is 1. The molecule has 0 aliphatic heterocycles. The van der Waals surface area contributed by atoms with E-state index < -0.39 is 20.9 Å². The Balaban J connectivity index is 2.84. The van der Waals surface area contributed by atoms with Gasteiger partial charge >= 0.3 is 0 Å². The van der Waals surface area contributed by atoms with E-state index in [1.807, 2.05) is 0 Å². The van der Waals surface area contributed by atoms with Crippen LogP contribution in [0.15, 0.2) is 41.3 Å². The van der Waals surface area contributed by atoms with E-state index in [9.17, 15) is 23.3 Å². The Morgan fingerprint density at radius 1 is 1.20 bits per heavy atom. The molecule has 20 heavy (non-hydrogen) atoms. The summed E-state index contributed by atoms with van der Waals surface area (Å²) in [6.07, 6.45) is 0. The molecule has 1 N–H and O–H groups in total. The number of nitro groups is 1. The van der Waals surface area contributed by atoms with Crippen LogP contribution in [-0.4, -0.2) is 19.2 Å². The molecular formula is C12H10N2O5S. The van der Waals surface area contributed by atoms with Crippen LogP contribution in [0.2, 0.25) is 0 Å². The third-order valence-electron chi connectivity index (χ3n) is 2.61. The van der Waals surface area contributed by atoms with Crippen LogP contribution in [-0.2, 0) is 14.8 Å². The maximum atomic E-state index is 12.1. The van der Waals surface area contributed by atoms with Crippen LogP contribution < -0.4 is 4.72 Å². The van der Waals surface area contributed by atoms with Crippen molar-refractivity contribution in [3.8, 4) is 0 Å². The summed E-state index contributed by atoms with van der Waals surface area (Å²) in [5.41, 5.74) is -0.327. The fraction of sp³-hybridized carbons (Fsp3) is 0.0833. The van der Waals surface area contributed by atoms with Gasteiger partial charge in [-0.2, -0.15) is 0 Å². The second-order valence-electron chi connectivity index (χ2n) is 4.05. The van der Waals surface area contributed by atoms with Gasteiger partial charge in [-0.3, -0.25) is 14.9 Å². The highest BCUT2D eigenvalue weighted by Crippen LogP contribution is 2.31. The summed E-state index contributed by atoms with van der Waals surface area (Å²) in [4.78, 5) is 21.1. The molecule has 0 heterocycles. The van der Waals surface area contributed by atoms with Crippen LogP contribution in [0.1, 0.15) is 6.92 Å². The van der Waals surface area contributed by atoms with Crippen LogP contribution in [0.4, 0.5) is 5.69 Å². The van der Waals surface area contributed by atoms with Gasteiger partial charge in [-0.15, -0.1) is 0 Å².